The zero-order chi connectivity index (χ0) is 10.6. The average Bonchev–Trinajstić information content (AvgIpc) is 2.14. The summed E-state index contributed by atoms with van der Waals surface area (Å²) in [7, 11) is 0. The first-order chi connectivity index (χ1) is 6.49. The molecular weight excluding hydrogens is 303 g/mol. The number of amides is 1. The highest BCUT2D eigenvalue weighted by molar-refractivity contribution is 14.1. The summed E-state index contributed by atoms with van der Waals surface area (Å²) in [6, 6.07) is 8.25. The van der Waals surface area contributed by atoms with E-state index in [0.29, 0.717) is 5.56 Å². The van der Waals surface area contributed by atoms with E-state index in [1.165, 1.54) is 0 Å². The van der Waals surface area contributed by atoms with Gasteiger partial charge in [-0.1, -0.05) is 18.2 Å². The smallest absolute Gasteiger partial charge is 0.313 e. The number of hydrogen-bond donors (Lipinski definition) is 1. The van der Waals surface area contributed by atoms with Crippen molar-refractivity contribution in [1.82, 2.24) is 5.32 Å². The molecule has 0 aliphatic heterocycles. The molecule has 0 bridgehead atoms. The fourth-order valence-corrected chi connectivity index (χ4v) is 1.06. The number of benzene rings is 1. The Kier molecular flexibility index (Phi) is 3.79. The van der Waals surface area contributed by atoms with Crippen LogP contribution in [0.3, 0.4) is 0 Å². The van der Waals surface area contributed by atoms with Crippen molar-refractivity contribution in [1.29, 1.82) is 0 Å². The third-order valence-electron chi connectivity index (χ3n) is 1.49. The summed E-state index contributed by atoms with van der Waals surface area (Å²) in [4.78, 5) is 11.2. The van der Waals surface area contributed by atoms with Crippen molar-refractivity contribution in [2.75, 3.05) is 6.54 Å². The summed E-state index contributed by atoms with van der Waals surface area (Å²) < 4.78 is 21.8. The highest BCUT2D eigenvalue weighted by Crippen LogP contribution is 2.20. The highest BCUT2D eigenvalue weighted by Gasteiger charge is 2.24. The number of nitrogens with one attached hydrogen (secondary N) is 1. The molecule has 0 radical (unpaired) electrons. The van der Waals surface area contributed by atoms with Gasteiger partial charge in [0.1, 0.15) is 0 Å². The van der Waals surface area contributed by atoms with Crippen molar-refractivity contribution in [2.45, 2.75) is 3.93 Å². The van der Waals surface area contributed by atoms with Crippen LogP contribution < -0.4 is 5.32 Å². The SMILES string of the molecule is O=C(NCC(F)(F)I)c1ccccc1. The van der Waals surface area contributed by atoms with Crippen LogP contribution in [0.5, 0.6) is 0 Å². The van der Waals surface area contributed by atoms with E-state index in [9.17, 15) is 13.6 Å². The lowest BCUT2D eigenvalue weighted by atomic mass is 10.2. The summed E-state index contributed by atoms with van der Waals surface area (Å²) in [5, 5.41) is 2.14. The van der Waals surface area contributed by atoms with Crippen LogP contribution in [-0.2, 0) is 0 Å². The lowest BCUT2D eigenvalue weighted by Crippen LogP contribution is -2.32. The monoisotopic (exact) mass is 311 g/mol. The number of alkyl halides is 3. The van der Waals surface area contributed by atoms with Gasteiger partial charge in [-0.05, 0) is 12.1 Å². The van der Waals surface area contributed by atoms with E-state index in [2.05, 4.69) is 5.32 Å². The van der Waals surface area contributed by atoms with Crippen LogP contribution in [0.15, 0.2) is 30.3 Å². The predicted octanol–water partition coefficient (Wildman–Crippen LogP) is 2.44. The van der Waals surface area contributed by atoms with E-state index in [1.807, 2.05) is 0 Å². The number of carbonyl (C=O) groups excluding carboxylic acids is 1. The zero-order valence-corrected chi connectivity index (χ0v) is 9.29. The molecule has 0 atom stereocenters. The Morgan fingerprint density at radius 3 is 2.43 bits per heavy atom. The van der Waals surface area contributed by atoms with Crippen molar-refractivity contribution in [3.8, 4) is 0 Å². The zero-order valence-electron chi connectivity index (χ0n) is 7.14. The molecule has 0 heterocycles. The molecule has 0 saturated carbocycles. The summed E-state index contributed by atoms with van der Waals surface area (Å²) in [6.45, 7) is -0.652. The van der Waals surface area contributed by atoms with E-state index in [1.54, 1.807) is 30.3 Å². The molecular formula is C9H8F2INO. The van der Waals surface area contributed by atoms with Gasteiger partial charge in [-0.15, -0.1) is 0 Å². The fourth-order valence-electron chi connectivity index (χ4n) is 0.872. The molecule has 0 unspecified atom stereocenters. The Balaban J connectivity index is 2.52. The van der Waals surface area contributed by atoms with Crippen molar-refractivity contribution >= 4 is 28.5 Å². The van der Waals surface area contributed by atoms with Gasteiger partial charge < -0.3 is 5.32 Å². The van der Waals surface area contributed by atoms with Crippen molar-refractivity contribution in [2.24, 2.45) is 0 Å². The summed E-state index contributed by atoms with van der Waals surface area (Å²) >= 11 is 0.981. The van der Waals surface area contributed by atoms with E-state index in [-0.39, 0.29) is 0 Å². The molecule has 1 rings (SSSR count). The van der Waals surface area contributed by atoms with Gasteiger partial charge in [-0.25, -0.2) is 0 Å². The van der Waals surface area contributed by atoms with Crippen LogP contribution >= 0.6 is 22.6 Å². The lowest BCUT2D eigenvalue weighted by Gasteiger charge is -2.09. The van der Waals surface area contributed by atoms with Gasteiger partial charge >= 0.3 is 3.93 Å². The minimum atomic E-state index is -2.90. The molecule has 5 heteroatoms. The second-order valence-corrected chi connectivity index (χ2v) is 4.24. The molecule has 1 aromatic carbocycles. The minimum Gasteiger partial charge on any atom is -0.345 e. The Labute approximate surface area is 93.8 Å². The molecule has 14 heavy (non-hydrogen) atoms. The maximum atomic E-state index is 12.4. The van der Waals surface area contributed by atoms with Crippen LogP contribution in [0.25, 0.3) is 0 Å². The van der Waals surface area contributed by atoms with Crippen LogP contribution in [0.1, 0.15) is 10.4 Å². The number of rotatable bonds is 3. The molecule has 1 N–H and O–H groups in total. The molecule has 0 aliphatic rings. The van der Waals surface area contributed by atoms with Gasteiger partial charge in [0.15, 0.2) is 0 Å². The van der Waals surface area contributed by atoms with Gasteiger partial charge in [0.2, 0.25) is 0 Å². The molecule has 0 fully saturated rings. The van der Waals surface area contributed by atoms with Crippen LogP contribution in [0, 0.1) is 0 Å². The molecule has 2 nitrogen and oxygen atoms in total. The summed E-state index contributed by atoms with van der Waals surface area (Å²) in [5.74, 6) is -0.484. The van der Waals surface area contributed by atoms with Gasteiger partial charge in [0.05, 0.1) is 6.54 Å². The van der Waals surface area contributed by atoms with Crippen LogP contribution in [0.4, 0.5) is 8.78 Å². The number of hydrogen-bond acceptors (Lipinski definition) is 1. The quantitative estimate of drug-likeness (QED) is 0.674. The Morgan fingerprint density at radius 1 is 1.36 bits per heavy atom. The Morgan fingerprint density at radius 2 is 1.93 bits per heavy atom. The van der Waals surface area contributed by atoms with E-state index >= 15 is 0 Å². The standard InChI is InChI=1S/C9H8F2INO/c10-9(11,12)6-13-8(14)7-4-2-1-3-5-7/h1-5H,6H2,(H,13,14). The summed E-state index contributed by atoms with van der Waals surface area (Å²) in [5.41, 5.74) is 0.383. The topological polar surface area (TPSA) is 29.1 Å². The third kappa shape index (κ3) is 3.99. The van der Waals surface area contributed by atoms with Gasteiger partial charge in [-0.3, -0.25) is 4.79 Å². The van der Waals surface area contributed by atoms with Crippen molar-refractivity contribution in [3.63, 3.8) is 0 Å². The Hall–Kier alpha value is -0.720. The van der Waals surface area contributed by atoms with Crippen LogP contribution in [0.2, 0.25) is 0 Å². The molecule has 0 spiro atoms. The van der Waals surface area contributed by atoms with Gasteiger partial charge in [0.25, 0.3) is 5.91 Å². The Bertz CT molecular complexity index is 310. The first kappa shape index (κ1) is 11.4. The van der Waals surface area contributed by atoms with Gasteiger partial charge in [-0.2, -0.15) is 8.78 Å². The summed E-state index contributed by atoms with van der Waals surface area (Å²) in [6.07, 6.45) is 0. The normalized spacial score (nSPS) is 11.1. The third-order valence-corrected chi connectivity index (χ3v) is 1.87. The number of halogens is 3. The van der Waals surface area contributed by atoms with Gasteiger partial charge in [0, 0.05) is 28.2 Å². The molecule has 1 amide bonds. The largest absolute Gasteiger partial charge is 0.345 e. The second kappa shape index (κ2) is 4.68. The van der Waals surface area contributed by atoms with E-state index in [4.69, 9.17) is 0 Å². The predicted molar refractivity (Wildman–Crippen MR) is 57.7 cm³/mol. The molecule has 1 aromatic rings. The van der Waals surface area contributed by atoms with E-state index < -0.39 is 16.4 Å². The van der Waals surface area contributed by atoms with Crippen LogP contribution in [-0.4, -0.2) is 16.4 Å². The molecule has 0 saturated heterocycles. The van der Waals surface area contributed by atoms with Crippen molar-refractivity contribution < 1.29 is 13.6 Å². The van der Waals surface area contributed by atoms with E-state index in [0.717, 1.165) is 22.6 Å². The first-order valence-electron chi connectivity index (χ1n) is 3.89. The maximum Gasteiger partial charge on any atom is 0.313 e. The maximum absolute atomic E-state index is 12.4. The molecule has 76 valence electrons. The minimum absolute atomic E-state index is 0.383. The fraction of sp³-hybridized carbons (Fsp3) is 0.222. The average molecular weight is 311 g/mol. The van der Waals surface area contributed by atoms with Crippen molar-refractivity contribution in [3.05, 3.63) is 35.9 Å². The first-order valence-corrected chi connectivity index (χ1v) is 4.97. The second-order valence-electron chi connectivity index (χ2n) is 2.66. The molecule has 0 aliphatic carbocycles. The highest BCUT2D eigenvalue weighted by atomic mass is 127. The molecule has 0 aromatic heterocycles. The number of carbonyl (C=O) groups is 1. The lowest BCUT2D eigenvalue weighted by molar-refractivity contribution is 0.0862.